The van der Waals surface area contributed by atoms with Crippen molar-refractivity contribution in [3.05, 3.63) is 41.3 Å². The first-order valence-electron chi connectivity index (χ1n) is 12.3. The van der Waals surface area contributed by atoms with Gasteiger partial charge in [0.05, 0.1) is 31.0 Å². The molecule has 0 aliphatic carbocycles. The largest absolute Gasteiger partial charge is 0.465 e. The van der Waals surface area contributed by atoms with Gasteiger partial charge in [0.15, 0.2) is 5.82 Å². The Kier molecular flexibility index (Phi) is 6.57. The fourth-order valence-corrected chi connectivity index (χ4v) is 5.14. The SMILES string of the molecule is CCc1nc(N2CCO[C@H](CO)C2)cc(-n2ncc3cc(C)c(C4CCN(C(=O)O)CC4)cc32)n1. The van der Waals surface area contributed by atoms with E-state index in [0.29, 0.717) is 50.9 Å². The molecule has 2 aromatic heterocycles. The number of aryl methyl sites for hydroxylation is 2. The Bertz CT molecular complexity index is 1220. The van der Waals surface area contributed by atoms with Crippen LogP contribution in [0.15, 0.2) is 24.4 Å². The lowest BCUT2D eigenvalue weighted by molar-refractivity contribution is 0.00334. The van der Waals surface area contributed by atoms with Crippen LogP contribution in [0.4, 0.5) is 10.6 Å². The number of carbonyl (C=O) groups is 1. The first-order chi connectivity index (χ1) is 17.0. The number of likely N-dealkylation sites (tertiary alicyclic amines) is 1. The molecule has 0 unspecified atom stereocenters. The summed E-state index contributed by atoms with van der Waals surface area (Å²) in [6, 6.07) is 6.31. The molecule has 0 radical (unpaired) electrons. The van der Waals surface area contributed by atoms with Crippen molar-refractivity contribution >= 4 is 22.8 Å². The molecular formula is C25H32N6O4. The van der Waals surface area contributed by atoms with Crippen LogP contribution < -0.4 is 4.90 Å². The molecule has 1 amide bonds. The zero-order valence-corrected chi connectivity index (χ0v) is 20.2. The molecule has 3 aromatic rings. The van der Waals surface area contributed by atoms with Crippen molar-refractivity contribution in [1.29, 1.82) is 0 Å². The van der Waals surface area contributed by atoms with Crippen LogP contribution in [0.5, 0.6) is 0 Å². The van der Waals surface area contributed by atoms with E-state index in [1.54, 1.807) is 0 Å². The first-order valence-corrected chi connectivity index (χ1v) is 12.3. The van der Waals surface area contributed by atoms with E-state index in [0.717, 1.165) is 35.4 Å². The second kappa shape index (κ2) is 9.79. The minimum absolute atomic E-state index is 0.0214. The van der Waals surface area contributed by atoms with Crippen molar-refractivity contribution < 1.29 is 19.7 Å². The van der Waals surface area contributed by atoms with E-state index in [-0.39, 0.29) is 12.7 Å². The number of carboxylic acid groups (broad SMARTS) is 1. The minimum atomic E-state index is -0.842. The summed E-state index contributed by atoms with van der Waals surface area (Å²) in [5.41, 5.74) is 3.42. The summed E-state index contributed by atoms with van der Waals surface area (Å²) >= 11 is 0. The molecule has 2 aliphatic rings. The molecule has 1 atom stereocenters. The Hall–Kier alpha value is -3.24. The van der Waals surface area contributed by atoms with Gasteiger partial charge in [0.1, 0.15) is 11.6 Å². The molecule has 35 heavy (non-hydrogen) atoms. The standard InChI is InChI=1S/C25H32N6O4/c1-3-22-27-23(30-8-9-35-19(14-30)15-32)12-24(28-22)31-21-11-20(16(2)10-18(21)13-26-31)17-4-6-29(7-5-17)25(33)34/h10-13,17,19,32H,3-9,14-15H2,1-2H3,(H,33,34)/t19-/m0/s1. The average Bonchev–Trinajstić information content (AvgIpc) is 3.30. The number of aromatic nitrogens is 4. The third-order valence-electron chi connectivity index (χ3n) is 7.11. The summed E-state index contributed by atoms with van der Waals surface area (Å²) in [7, 11) is 0. The normalized spacial score (nSPS) is 19.5. The van der Waals surface area contributed by atoms with Gasteiger partial charge >= 0.3 is 6.09 Å². The molecule has 2 fully saturated rings. The summed E-state index contributed by atoms with van der Waals surface area (Å²) in [4.78, 5) is 24.5. The Morgan fingerprint density at radius 3 is 2.63 bits per heavy atom. The summed E-state index contributed by atoms with van der Waals surface area (Å²) < 4.78 is 7.48. The van der Waals surface area contributed by atoms with E-state index in [4.69, 9.17) is 14.7 Å². The molecule has 0 bridgehead atoms. The van der Waals surface area contributed by atoms with Crippen molar-refractivity contribution in [3.8, 4) is 5.82 Å². The molecule has 10 nitrogen and oxygen atoms in total. The predicted octanol–water partition coefficient (Wildman–Crippen LogP) is 2.74. The second-order valence-corrected chi connectivity index (χ2v) is 9.34. The van der Waals surface area contributed by atoms with Crippen LogP contribution in [0.2, 0.25) is 0 Å². The number of piperidine rings is 1. The lowest BCUT2D eigenvalue weighted by Gasteiger charge is -2.33. The molecule has 0 saturated carbocycles. The molecule has 0 spiro atoms. The quantitative estimate of drug-likeness (QED) is 0.573. The summed E-state index contributed by atoms with van der Waals surface area (Å²) in [5, 5.41) is 24.6. The first kappa shape index (κ1) is 23.5. The van der Waals surface area contributed by atoms with E-state index in [9.17, 15) is 15.0 Å². The number of aliphatic hydroxyl groups is 1. The van der Waals surface area contributed by atoms with E-state index in [1.165, 1.54) is 16.0 Å². The molecule has 186 valence electrons. The minimum Gasteiger partial charge on any atom is -0.465 e. The van der Waals surface area contributed by atoms with Gasteiger partial charge in [-0.1, -0.05) is 6.92 Å². The van der Waals surface area contributed by atoms with Crippen molar-refractivity contribution in [2.75, 3.05) is 44.3 Å². The van der Waals surface area contributed by atoms with Crippen LogP contribution in [0, 0.1) is 6.92 Å². The number of amides is 1. The summed E-state index contributed by atoms with van der Waals surface area (Å²) in [6.45, 7) is 7.06. The van der Waals surface area contributed by atoms with Crippen LogP contribution in [0.3, 0.4) is 0 Å². The highest BCUT2D eigenvalue weighted by Crippen LogP contribution is 2.33. The topological polar surface area (TPSA) is 117 Å². The van der Waals surface area contributed by atoms with Crippen molar-refractivity contribution in [3.63, 3.8) is 0 Å². The molecule has 4 heterocycles. The molecule has 1 aromatic carbocycles. The number of morpholine rings is 1. The number of hydrogen-bond acceptors (Lipinski definition) is 7. The number of aliphatic hydroxyl groups excluding tert-OH is 1. The van der Waals surface area contributed by atoms with Gasteiger partial charge in [-0.25, -0.2) is 19.4 Å². The zero-order chi connectivity index (χ0) is 24.5. The van der Waals surface area contributed by atoms with Crippen molar-refractivity contribution in [2.45, 2.75) is 45.1 Å². The second-order valence-electron chi connectivity index (χ2n) is 9.34. The molecular weight excluding hydrogens is 448 g/mol. The number of hydrogen-bond donors (Lipinski definition) is 2. The van der Waals surface area contributed by atoms with Crippen molar-refractivity contribution in [2.24, 2.45) is 0 Å². The van der Waals surface area contributed by atoms with Gasteiger partial charge in [0.25, 0.3) is 0 Å². The molecule has 2 aliphatic heterocycles. The zero-order valence-electron chi connectivity index (χ0n) is 20.2. The maximum absolute atomic E-state index is 11.3. The van der Waals surface area contributed by atoms with Gasteiger partial charge < -0.3 is 24.7 Å². The van der Waals surface area contributed by atoms with Crippen molar-refractivity contribution in [1.82, 2.24) is 24.6 Å². The van der Waals surface area contributed by atoms with E-state index in [2.05, 4.69) is 29.1 Å². The van der Waals surface area contributed by atoms with Gasteiger partial charge in [0.2, 0.25) is 0 Å². The molecule has 5 rings (SSSR count). The van der Waals surface area contributed by atoms with E-state index >= 15 is 0 Å². The highest BCUT2D eigenvalue weighted by molar-refractivity contribution is 5.82. The van der Waals surface area contributed by atoms with Crippen LogP contribution in [-0.2, 0) is 11.2 Å². The number of rotatable bonds is 5. The molecule has 10 heteroatoms. The van der Waals surface area contributed by atoms with Crippen LogP contribution in [-0.4, -0.2) is 86.5 Å². The Morgan fingerprint density at radius 1 is 1.14 bits per heavy atom. The van der Waals surface area contributed by atoms with Crippen LogP contribution in [0.25, 0.3) is 16.7 Å². The van der Waals surface area contributed by atoms with Gasteiger partial charge in [-0.3, -0.25) is 0 Å². The number of anilines is 1. The third-order valence-corrected chi connectivity index (χ3v) is 7.11. The highest BCUT2D eigenvalue weighted by Gasteiger charge is 2.26. The van der Waals surface area contributed by atoms with E-state index < -0.39 is 6.09 Å². The molecule has 2 saturated heterocycles. The van der Waals surface area contributed by atoms with Gasteiger partial charge in [-0.15, -0.1) is 0 Å². The Balaban J connectivity index is 1.50. The van der Waals surface area contributed by atoms with Gasteiger partial charge in [-0.05, 0) is 48.9 Å². The predicted molar refractivity (Wildman–Crippen MR) is 131 cm³/mol. The molecule has 2 N–H and O–H groups in total. The monoisotopic (exact) mass is 480 g/mol. The number of benzene rings is 1. The van der Waals surface area contributed by atoms with Crippen LogP contribution in [0.1, 0.15) is 42.6 Å². The summed E-state index contributed by atoms with van der Waals surface area (Å²) in [6.07, 6.45) is 3.12. The fraction of sp³-hybridized carbons (Fsp3) is 0.520. The van der Waals surface area contributed by atoms with Crippen LogP contribution >= 0.6 is 0 Å². The van der Waals surface area contributed by atoms with E-state index in [1.807, 2.05) is 23.9 Å². The number of ether oxygens (including phenoxy) is 1. The fourth-order valence-electron chi connectivity index (χ4n) is 5.14. The average molecular weight is 481 g/mol. The smallest absolute Gasteiger partial charge is 0.407 e. The lowest BCUT2D eigenvalue weighted by Crippen LogP contribution is -2.44. The summed E-state index contributed by atoms with van der Waals surface area (Å²) in [5.74, 6) is 2.57. The Labute approximate surface area is 204 Å². The van der Waals surface area contributed by atoms with Gasteiger partial charge in [-0.2, -0.15) is 5.10 Å². The lowest BCUT2D eigenvalue weighted by atomic mass is 9.86. The number of nitrogens with zero attached hydrogens (tertiary/aromatic N) is 6. The third kappa shape index (κ3) is 4.68. The Morgan fingerprint density at radius 2 is 1.91 bits per heavy atom. The van der Waals surface area contributed by atoms with Gasteiger partial charge in [0, 0.05) is 44.1 Å². The maximum atomic E-state index is 11.3. The highest BCUT2D eigenvalue weighted by atomic mass is 16.5. The number of fused-ring (bicyclic) bond motifs is 1. The maximum Gasteiger partial charge on any atom is 0.407 e.